The Bertz CT molecular complexity index is 1040. The van der Waals surface area contributed by atoms with E-state index in [0.717, 1.165) is 15.7 Å². The van der Waals surface area contributed by atoms with Crippen molar-refractivity contribution in [1.82, 2.24) is 0 Å². The molecule has 8 heteroatoms. The van der Waals surface area contributed by atoms with Crippen LogP contribution < -0.4 is 14.8 Å². The summed E-state index contributed by atoms with van der Waals surface area (Å²) in [6.45, 7) is 0.421. The van der Waals surface area contributed by atoms with E-state index in [0.29, 0.717) is 23.1 Å². The van der Waals surface area contributed by atoms with Crippen molar-refractivity contribution in [2.24, 2.45) is 0 Å². The van der Waals surface area contributed by atoms with Gasteiger partial charge in [-0.1, -0.05) is 33.6 Å². The summed E-state index contributed by atoms with van der Waals surface area (Å²) in [4.78, 5) is 10.9. The maximum atomic E-state index is 14.0. The molecule has 0 heterocycles. The van der Waals surface area contributed by atoms with E-state index in [1.54, 1.807) is 30.3 Å². The molecule has 0 radical (unpaired) electrons. The third-order valence-electron chi connectivity index (χ3n) is 4.38. The second-order valence-electron chi connectivity index (χ2n) is 6.32. The summed E-state index contributed by atoms with van der Waals surface area (Å²) in [7, 11) is 1.52. The first-order chi connectivity index (χ1) is 14.4. The molecule has 0 bridgehead atoms. The van der Waals surface area contributed by atoms with Gasteiger partial charge in [0.2, 0.25) is 0 Å². The number of hydrogen-bond donors (Lipinski definition) is 2. The van der Waals surface area contributed by atoms with Crippen LogP contribution in [0.5, 0.6) is 11.5 Å². The summed E-state index contributed by atoms with van der Waals surface area (Å²) in [6.07, 6.45) is 0. The van der Waals surface area contributed by atoms with E-state index < -0.39 is 11.8 Å². The first-order valence-electron chi connectivity index (χ1n) is 8.88. The van der Waals surface area contributed by atoms with Crippen molar-refractivity contribution in [2.75, 3.05) is 12.4 Å². The molecule has 0 aliphatic heterocycles. The van der Waals surface area contributed by atoms with E-state index in [9.17, 15) is 9.18 Å². The average molecular weight is 495 g/mol. The molecule has 0 atom stereocenters. The lowest BCUT2D eigenvalue weighted by Gasteiger charge is -2.15. The molecule has 0 fully saturated rings. The van der Waals surface area contributed by atoms with Crippen LogP contribution in [0.2, 0.25) is 5.02 Å². The second-order valence-corrected chi connectivity index (χ2v) is 7.58. The van der Waals surface area contributed by atoms with Gasteiger partial charge in [0, 0.05) is 22.3 Å². The van der Waals surface area contributed by atoms with Gasteiger partial charge in [0.05, 0.1) is 17.7 Å². The lowest BCUT2D eigenvalue weighted by atomic mass is 10.1. The maximum Gasteiger partial charge on any atom is 0.335 e. The third-order valence-corrected chi connectivity index (χ3v) is 5.47. The van der Waals surface area contributed by atoms with Crippen LogP contribution in [0.15, 0.2) is 59.1 Å². The molecule has 156 valence electrons. The highest BCUT2D eigenvalue weighted by molar-refractivity contribution is 9.10. The first-order valence-corrected chi connectivity index (χ1v) is 10.1. The standard InChI is InChI=1S/C22H18BrClFNO4/c1-29-20-9-14(11-26-15-7-5-13(6-8-15)22(27)28)17(23)10-21(20)30-12-16-18(24)3-2-4-19(16)25/h2-10,26H,11-12H2,1H3,(H,27,28). The van der Waals surface area contributed by atoms with Crippen molar-refractivity contribution < 1.29 is 23.8 Å². The zero-order valence-electron chi connectivity index (χ0n) is 15.9. The minimum absolute atomic E-state index is 0.0399. The Morgan fingerprint density at radius 1 is 1.17 bits per heavy atom. The lowest BCUT2D eigenvalue weighted by molar-refractivity contribution is 0.0697. The predicted molar refractivity (Wildman–Crippen MR) is 117 cm³/mol. The van der Waals surface area contributed by atoms with Gasteiger partial charge in [-0.15, -0.1) is 0 Å². The van der Waals surface area contributed by atoms with E-state index >= 15 is 0 Å². The fourth-order valence-electron chi connectivity index (χ4n) is 2.73. The smallest absolute Gasteiger partial charge is 0.335 e. The van der Waals surface area contributed by atoms with Gasteiger partial charge in [-0.3, -0.25) is 0 Å². The van der Waals surface area contributed by atoms with Gasteiger partial charge in [0.1, 0.15) is 12.4 Å². The van der Waals surface area contributed by atoms with Gasteiger partial charge < -0.3 is 19.9 Å². The maximum absolute atomic E-state index is 14.0. The van der Waals surface area contributed by atoms with Crippen molar-refractivity contribution in [3.8, 4) is 11.5 Å². The highest BCUT2D eigenvalue weighted by Crippen LogP contribution is 2.35. The SMILES string of the molecule is COc1cc(CNc2ccc(C(=O)O)cc2)c(Br)cc1OCc1c(F)cccc1Cl. The fraction of sp³-hybridized carbons (Fsp3) is 0.136. The van der Waals surface area contributed by atoms with Crippen LogP contribution >= 0.6 is 27.5 Å². The zero-order valence-corrected chi connectivity index (χ0v) is 18.3. The number of halogens is 3. The Kier molecular flexibility index (Phi) is 7.18. The topological polar surface area (TPSA) is 67.8 Å². The molecular weight excluding hydrogens is 477 g/mol. The first kappa shape index (κ1) is 21.9. The number of carbonyl (C=O) groups is 1. The summed E-state index contributed by atoms with van der Waals surface area (Å²) in [5.74, 6) is -0.474. The van der Waals surface area contributed by atoms with Crippen LogP contribution in [0.25, 0.3) is 0 Å². The number of ether oxygens (including phenoxy) is 2. The van der Waals surface area contributed by atoms with Gasteiger partial charge in [-0.05, 0) is 54.1 Å². The quantitative estimate of drug-likeness (QED) is 0.394. The van der Waals surface area contributed by atoms with Gasteiger partial charge in [-0.2, -0.15) is 0 Å². The van der Waals surface area contributed by atoms with E-state index in [1.807, 2.05) is 0 Å². The van der Waals surface area contributed by atoms with Gasteiger partial charge in [0.25, 0.3) is 0 Å². The summed E-state index contributed by atoms with van der Waals surface area (Å²) >= 11 is 9.57. The number of benzene rings is 3. The number of aromatic carboxylic acids is 1. The molecule has 2 N–H and O–H groups in total. The highest BCUT2D eigenvalue weighted by Gasteiger charge is 2.13. The zero-order chi connectivity index (χ0) is 21.7. The van der Waals surface area contributed by atoms with Crippen LogP contribution in [0.3, 0.4) is 0 Å². The molecule has 30 heavy (non-hydrogen) atoms. The number of methoxy groups -OCH3 is 1. The monoisotopic (exact) mass is 493 g/mol. The van der Waals surface area contributed by atoms with Crippen molar-refractivity contribution in [1.29, 1.82) is 0 Å². The minimum atomic E-state index is -0.971. The molecule has 3 aromatic rings. The predicted octanol–water partition coefficient (Wildman–Crippen LogP) is 6.14. The Balaban J connectivity index is 1.72. The van der Waals surface area contributed by atoms with Crippen LogP contribution in [-0.4, -0.2) is 18.2 Å². The number of carboxylic acids is 1. The number of carboxylic acid groups (broad SMARTS) is 1. The van der Waals surface area contributed by atoms with Crippen molar-refractivity contribution in [3.63, 3.8) is 0 Å². The lowest BCUT2D eigenvalue weighted by Crippen LogP contribution is -2.04. The van der Waals surface area contributed by atoms with Crippen LogP contribution in [-0.2, 0) is 13.2 Å². The molecule has 0 aromatic heterocycles. The van der Waals surface area contributed by atoms with Gasteiger partial charge >= 0.3 is 5.97 Å². The minimum Gasteiger partial charge on any atom is -0.493 e. The van der Waals surface area contributed by atoms with E-state index in [-0.39, 0.29) is 17.7 Å². The molecule has 3 rings (SSSR count). The van der Waals surface area contributed by atoms with E-state index in [2.05, 4.69) is 21.2 Å². The van der Waals surface area contributed by atoms with Gasteiger partial charge in [-0.25, -0.2) is 9.18 Å². The number of nitrogens with one attached hydrogen (secondary N) is 1. The van der Waals surface area contributed by atoms with Gasteiger partial charge in [0.15, 0.2) is 11.5 Å². The molecule has 0 saturated carbocycles. The molecule has 0 saturated heterocycles. The molecule has 0 unspecified atom stereocenters. The molecule has 0 spiro atoms. The van der Waals surface area contributed by atoms with Crippen LogP contribution in [0.4, 0.5) is 10.1 Å². The van der Waals surface area contributed by atoms with E-state index in [4.69, 9.17) is 26.2 Å². The molecule has 0 aliphatic rings. The molecular formula is C22H18BrClFNO4. The second kappa shape index (κ2) is 9.82. The summed E-state index contributed by atoms with van der Waals surface area (Å²) < 4.78 is 25.9. The van der Waals surface area contributed by atoms with Crippen molar-refractivity contribution >= 4 is 39.2 Å². The summed E-state index contributed by atoms with van der Waals surface area (Å²) in [6, 6.07) is 14.5. The summed E-state index contributed by atoms with van der Waals surface area (Å²) in [5.41, 5.74) is 2.17. The molecule has 5 nitrogen and oxygen atoms in total. The number of rotatable bonds is 8. The van der Waals surface area contributed by atoms with E-state index in [1.165, 1.54) is 31.4 Å². The fourth-order valence-corrected chi connectivity index (χ4v) is 3.41. The molecule has 0 amide bonds. The highest BCUT2D eigenvalue weighted by atomic mass is 79.9. The van der Waals surface area contributed by atoms with Crippen molar-refractivity contribution in [3.05, 3.63) is 86.6 Å². The Hall–Kier alpha value is -2.77. The molecule has 3 aromatic carbocycles. The average Bonchev–Trinajstić information content (AvgIpc) is 2.73. The number of anilines is 1. The largest absolute Gasteiger partial charge is 0.493 e. The Morgan fingerprint density at radius 3 is 2.53 bits per heavy atom. The normalized spacial score (nSPS) is 10.5. The van der Waals surface area contributed by atoms with Crippen LogP contribution in [0.1, 0.15) is 21.5 Å². The number of hydrogen-bond acceptors (Lipinski definition) is 4. The molecule has 0 aliphatic carbocycles. The van der Waals surface area contributed by atoms with Crippen molar-refractivity contribution in [2.45, 2.75) is 13.2 Å². The van der Waals surface area contributed by atoms with Crippen LogP contribution in [0, 0.1) is 5.82 Å². The third kappa shape index (κ3) is 5.23. The Labute approximate surface area is 186 Å². The Morgan fingerprint density at radius 2 is 1.90 bits per heavy atom. The summed E-state index contributed by atoms with van der Waals surface area (Å²) in [5, 5.41) is 12.5.